The quantitative estimate of drug-likeness (QED) is 0.0584. The van der Waals surface area contributed by atoms with Crippen molar-refractivity contribution in [1.29, 1.82) is 0 Å². The molecular formula is C57H74N14O15S. The Balaban J connectivity index is 1.11. The van der Waals surface area contributed by atoms with E-state index in [1.165, 1.54) is 30.9 Å². The van der Waals surface area contributed by atoms with Gasteiger partial charge in [-0.2, -0.15) is 0 Å². The van der Waals surface area contributed by atoms with Crippen molar-refractivity contribution in [3.8, 4) is 0 Å². The van der Waals surface area contributed by atoms with Gasteiger partial charge in [0, 0.05) is 72.9 Å². The minimum Gasteiger partial charge on any atom is -0.394 e. The summed E-state index contributed by atoms with van der Waals surface area (Å²) >= 11 is 1.06. The number of aromatic amines is 1. The van der Waals surface area contributed by atoms with E-state index in [0.717, 1.165) is 28.8 Å². The largest absolute Gasteiger partial charge is 0.394 e. The minimum atomic E-state index is -1.61. The van der Waals surface area contributed by atoms with E-state index in [-0.39, 0.29) is 44.6 Å². The molecule has 7 rings (SSSR count). The number of amides is 13. The number of nitrogens with zero attached hydrogens (tertiary/aromatic N) is 2. The molecule has 0 radical (unpaired) electrons. The number of para-hydroxylation sites is 1. The Morgan fingerprint density at radius 3 is 2.15 bits per heavy atom. The van der Waals surface area contributed by atoms with Crippen LogP contribution < -0.4 is 58.5 Å². The number of H-pyrrole nitrogens is 1. The molecule has 29 nitrogen and oxygen atoms in total. The molecule has 4 aliphatic rings. The van der Waals surface area contributed by atoms with Crippen molar-refractivity contribution in [3.05, 3.63) is 71.8 Å². The number of carbonyl (C=O) groups is 13. The number of hydrogen-bond donors (Lipinski definition) is 14. The summed E-state index contributed by atoms with van der Waals surface area (Å²) in [5, 5.41) is 51.5. The van der Waals surface area contributed by atoms with Crippen molar-refractivity contribution >= 4 is 105 Å². The van der Waals surface area contributed by atoms with Crippen molar-refractivity contribution in [2.75, 3.05) is 50.4 Å². The Hall–Kier alpha value is -8.74. The molecule has 2 bridgehead atoms. The van der Waals surface area contributed by atoms with Crippen molar-refractivity contribution in [2.24, 2.45) is 11.8 Å². The second-order valence-electron chi connectivity index (χ2n) is 21.7. The van der Waals surface area contributed by atoms with Crippen LogP contribution in [-0.2, 0) is 75.3 Å². The first-order valence-electron chi connectivity index (χ1n) is 28.6. The summed E-state index contributed by atoms with van der Waals surface area (Å²) < 4.78 is 0. The first-order valence-corrected chi connectivity index (χ1v) is 29.6. The zero-order valence-corrected chi connectivity index (χ0v) is 49.3. The maximum absolute atomic E-state index is 15.0. The standard InChI is InChI=1S/C57H74N14O15S/c1-5-29(2)49-54(84)61-25-45(77)64-39-28-87-56-35(34-9-6-7-10-36(34)67-56)21-37(52(82)60-26-46(78)69-49)65-55(85)50(30(3)40(73)27-72)68-41-11-8-19-70(41)57(86)38(66-53(39)83)22-43(75)58-23-32-12-14-33(15-13-32)63-51(81)31(4)62-44(76)24-59-42(74)18-20-71-47(79)16-17-48(71)80/h6-7,9-10,12-17,29-31,37-41,49-50,67-68,72-73H,5,8,11,18-28H2,1-4H3,(H,58,75)(H,59,74)(H,60,82)(H,61,84)(H,62,76)(H,63,81)(H,64,77)(H,65,85)(H,66,83)(H,69,78)/t29-,30-,31-,37-,38-,39-,40-,41-,49-,50-/m0/s1. The lowest BCUT2D eigenvalue weighted by atomic mass is 9.94. The van der Waals surface area contributed by atoms with Gasteiger partial charge in [-0.3, -0.25) is 72.5 Å². The number of anilines is 1. The van der Waals surface area contributed by atoms with Gasteiger partial charge in [0.05, 0.1) is 56.0 Å². The summed E-state index contributed by atoms with van der Waals surface area (Å²) in [7, 11) is 0. The van der Waals surface area contributed by atoms with E-state index in [1.807, 2.05) is 0 Å². The highest BCUT2D eigenvalue weighted by Gasteiger charge is 2.42. The predicted molar refractivity (Wildman–Crippen MR) is 312 cm³/mol. The lowest BCUT2D eigenvalue weighted by Gasteiger charge is -2.35. The fourth-order valence-corrected chi connectivity index (χ4v) is 11.2. The monoisotopic (exact) mass is 1230 g/mol. The van der Waals surface area contributed by atoms with Gasteiger partial charge in [-0.15, -0.1) is 11.8 Å². The zero-order valence-electron chi connectivity index (χ0n) is 48.5. The third-order valence-corrected chi connectivity index (χ3v) is 16.6. The van der Waals surface area contributed by atoms with E-state index in [2.05, 4.69) is 63.5 Å². The molecule has 3 aromatic rings. The lowest BCUT2D eigenvalue weighted by Crippen LogP contribution is -2.62. The van der Waals surface area contributed by atoms with Crippen molar-refractivity contribution in [2.45, 2.75) is 126 Å². The second-order valence-corrected chi connectivity index (χ2v) is 22.7. The summed E-state index contributed by atoms with van der Waals surface area (Å²) in [5.41, 5.74) is 1.95. The first-order chi connectivity index (χ1) is 41.5. The normalized spacial score (nSPS) is 23.2. The molecule has 5 heterocycles. The maximum Gasteiger partial charge on any atom is 0.253 e. The van der Waals surface area contributed by atoms with E-state index in [4.69, 9.17) is 0 Å². The van der Waals surface area contributed by atoms with Crippen molar-refractivity contribution in [3.63, 3.8) is 0 Å². The highest BCUT2D eigenvalue weighted by Crippen LogP contribution is 2.32. The van der Waals surface area contributed by atoms with Gasteiger partial charge in [0.1, 0.15) is 30.2 Å². The summed E-state index contributed by atoms with van der Waals surface area (Å²) in [5.74, 6) is -11.1. The molecular weight excluding hydrogens is 1150 g/mol. The topological polar surface area (TPSA) is 417 Å². The Labute approximate surface area is 504 Å². The van der Waals surface area contributed by atoms with Gasteiger partial charge in [0.2, 0.25) is 65.0 Å². The number of aliphatic hydroxyl groups is 2. The molecule has 10 atom stereocenters. The number of aromatic nitrogens is 1. The molecule has 4 aliphatic heterocycles. The fourth-order valence-electron chi connectivity index (χ4n) is 10.1. The number of rotatable bonds is 17. The lowest BCUT2D eigenvalue weighted by molar-refractivity contribution is -0.141. The smallest absolute Gasteiger partial charge is 0.253 e. The molecule has 0 spiro atoms. The molecule has 1 fully saturated rings. The fraction of sp³-hybridized carbons (Fsp3) is 0.491. The highest BCUT2D eigenvalue weighted by atomic mass is 32.2. The molecule has 1 saturated heterocycles. The van der Waals surface area contributed by atoms with Crippen LogP contribution in [0.25, 0.3) is 10.9 Å². The van der Waals surface area contributed by atoms with Gasteiger partial charge in [-0.1, -0.05) is 57.5 Å². The Kier molecular flexibility index (Phi) is 23.1. The molecule has 468 valence electrons. The summed E-state index contributed by atoms with van der Waals surface area (Å²) in [6.07, 6.45) is -0.358. The summed E-state index contributed by atoms with van der Waals surface area (Å²) in [4.78, 5) is 181. The average Bonchev–Trinajstić information content (AvgIpc) is 2.32. The second kappa shape index (κ2) is 30.6. The van der Waals surface area contributed by atoms with E-state index in [1.54, 1.807) is 50.2 Å². The van der Waals surface area contributed by atoms with Crippen LogP contribution in [0.5, 0.6) is 0 Å². The van der Waals surface area contributed by atoms with Crippen molar-refractivity contribution in [1.82, 2.24) is 68.0 Å². The van der Waals surface area contributed by atoms with Crippen LogP contribution in [0.1, 0.15) is 70.9 Å². The third kappa shape index (κ3) is 17.7. The van der Waals surface area contributed by atoms with Crippen LogP contribution in [-0.4, -0.2) is 195 Å². The number of aliphatic hydroxyl groups excluding tert-OH is 2. The third-order valence-electron chi connectivity index (χ3n) is 15.4. The molecule has 13 amide bonds. The van der Waals surface area contributed by atoms with Gasteiger partial charge >= 0.3 is 0 Å². The predicted octanol–water partition coefficient (Wildman–Crippen LogP) is -3.48. The molecule has 2 aromatic carbocycles. The molecule has 1 aromatic heterocycles. The number of fused-ring (bicyclic) bond motifs is 5. The van der Waals surface area contributed by atoms with Gasteiger partial charge in [-0.25, -0.2) is 0 Å². The minimum absolute atomic E-state index is 0.0668. The Morgan fingerprint density at radius 1 is 0.759 bits per heavy atom. The number of benzene rings is 2. The molecule has 0 unspecified atom stereocenters. The van der Waals surface area contributed by atoms with E-state index in [9.17, 15) is 72.5 Å². The van der Waals surface area contributed by atoms with Gasteiger partial charge in [0.15, 0.2) is 0 Å². The Morgan fingerprint density at radius 2 is 1.45 bits per heavy atom. The molecule has 87 heavy (non-hydrogen) atoms. The van der Waals surface area contributed by atoms with Crippen LogP contribution >= 0.6 is 11.8 Å². The molecule has 30 heteroatoms. The van der Waals surface area contributed by atoms with Crippen LogP contribution in [0.2, 0.25) is 0 Å². The molecule has 14 N–H and O–H groups in total. The zero-order chi connectivity index (χ0) is 63.1. The Bertz CT molecular complexity index is 3140. The van der Waals surface area contributed by atoms with Gasteiger partial charge in [0.25, 0.3) is 11.8 Å². The molecule has 0 aliphatic carbocycles. The SMILES string of the molecule is CC[C@H](C)[C@@H]1NC(=O)CNC(=O)[C@@H]2Cc3c([nH]c4ccccc34)SC[C@H](NC(=O)CNC1=O)C(=O)N[C@@H](CC(=O)NCc1ccc(NC(=O)[C@H](C)NC(=O)CNC(=O)CCN3C(=O)C=CC3=O)cc1)C(=O)N1CCC[C@H]1N[C@@H]([C@@H](C)[C@@H](O)CO)C(=O)N2. The van der Waals surface area contributed by atoms with E-state index < -0.39 is 170 Å². The average molecular weight is 1230 g/mol. The summed E-state index contributed by atoms with van der Waals surface area (Å²) in [6.45, 7) is 3.67. The maximum atomic E-state index is 15.0. The van der Waals surface area contributed by atoms with Crippen LogP contribution in [0, 0.1) is 11.8 Å². The number of nitrogens with one attached hydrogen (secondary N) is 12. The first kappa shape index (κ1) is 65.8. The van der Waals surface area contributed by atoms with Crippen LogP contribution in [0.15, 0.2) is 65.7 Å². The van der Waals surface area contributed by atoms with Crippen molar-refractivity contribution < 1.29 is 72.5 Å². The van der Waals surface area contributed by atoms with Crippen LogP contribution in [0.3, 0.4) is 0 Å². The van der Waals surface area contributed by atoms with Gasteiger partial charge < -0.3 is 73.3 Å². The summed E-state index contributed by atoms with van der Waals surface area (Å²) in [6, 6.07) is 5.17. The number of carbonyl (C=O) groups excluding carboxylic acids is 13. The molecule has 0 saturated carbocycles. The van der Waals surface area contributed by atoms with E-state index >= 15 is 0 Å². The van der Waals surface area contributed by atoms with Crippen LogP contribution in [0.4, 0.5) is 5.69 Å². The highest BCUT2D eigenvalue weighted by molar-refractivity contribution is 7.99. The van der Waals surface area contributed by atoms with Gasteiger partial charge in [-0.05, 0) is 55.0 Å². The van der Waals surface area contributed by atoms with E-state index in [0.29, 0.717) is 45.6 Å². The number of hydrogen-bond acceptors (Lipinski definition) is 17. The number of thioether (sulfide) groups is 1. The number of imide groups is 1.